The van der Waals surface area contributed by atoms with Crippen LogP contribution in [0.4, 0.5) is 0 Å². The van der Waals surface area contributed by atoms with Crippen LogP contribution in [0.1, 0.15) is 50.2 Å². The Labute approximate surface area is 158 Å². The fourth-order valence-electron chi connectivity index (χ4n) is 3.46. The lowest BCUT2D eigenvalue weighted by Gasteiger charge is -2.32. The molecule has 7 nitrogen and oxygen atoms in total. The molecule has 0 saturated carbocycles. The van der Waals surface area contributed by atoms with Gasteiger partial charge in [0.25, 0.3) is 0 Å². The summed E-state index contributed by atoms with van der Waals surface area (Å²) in [6, 6.07) is 4.01. The van der Waals surface area contributed by atoms with Gasteiger partial charge in [-0.3, -0.25) is 9.69 Å². The van der Waals surface area contributed by atoms with Gasteiger partial charge in [0.1, 0.15) is 11.6 Å². The molecule has 3 rings (SSSR count). The molecular formula is C18H27N5O2S. The molecule has 1 fully saturated rings. The third-order valence-electron chi connectivity index (χ3n) is 4.67. The zero-order valence-electron chi connectivity index (χ0n) is 15.6. The monoisotopic (exact) mass is 377 g/mol. The van der Waals surface area contributed by atoms with Crippen LogP contribution in [-0.2, 0) is 11.3 Å². The minimum Gasteiger partial charge on any atom is -0.467 e. The second kappa shape index (κ2) is 8.73. The second-order valence-electron chi connectivity index (χ2n) is 6.94. The topological polar surface area (TPSA) is 76.2 Å². The molecule has 8 heteroatoms. The number of piperidine rings is 1. The van der Waals surface area contributed by atoms with Crippen molar-refractivity contribution < 1.29 is 9.21 Å². The fourth-order valence-corrected chi connectivity index (χ4v) is 4.08. The van der Waals surface area contributed by atoms with E-state index in [2.05, 4.69) is 38.8 Å². The SMILES string of the molecule is CSc1nnc(C2CCCN(CC(=O)NCc3ccco3)C2)n1C(C)C. The third kappa shape index (κ3) is 4.48. The number of likely N-dealkylation sites (tertiary alicyclic amines) is 1. The molecule has 1 amide bonds. The van der Waals surface area contributed by atoms with Crippen molar-refractivity contribution in [1.29, 1.82) is 0 Å². The molecule has 1 aliphatic rings. The van der Waals surface area contributed by atoms with E-state index in [1.54, 1.807) is 18.0 Å². The maximum Gasteiger partial charge on any atom is 0.234 e. The number of carbonyl (C=O) groups is 1. The van der Waals surface area contributed by atoms with E-state index in [9.17, 15) is 4.79 Å². The van der Waals surface area contributed by atoms with Crippen LogP contribution in [0.2, 0.25) is 0 Å². The summed E-state index contributed by atoms with van der Waals surface area (Å²) in [4.78, 5) is 14.5. The van der Waals surface area contributed by atoms with Gasteiger partial charge in [-0.1, -0.05) is 11.8 Å². The Kier molecular flexibility index (Phi) is 6.37. The van der Waals surface area contributed by atoms with Crippen molar-refractivity contribution >= 4 is 17.7 Å². The van der Waals surface area contributed by atoms with Gasteiger partial charge in [-0.15, -0.1) is 10.2 Å². The largest absolute Gasteiger partial charge is 0.467 e. The number of amides is 1. The first-order chi connectivity index (χ1) is 12.6. The number of thioether (sulfide) groups is 1. The van der Waals surface area contributed by atoms with Crippen molar-refractivity contribution in [1.82, 2.24) is 25.0 Å². The quantitative estimate of drug-likeness (QED) is 0.748. The molecule has 0 bridgehead atoms. The first kappa shape index (κ1) is 19.0. The van der Waals surface area contributed by atoms with Crippen molar-refractivity contribution in [2.75, 3.05) is 25.9 Å². The molecule has 3 heterocycles. The maximum absolute atomic E-state index is 12.2. The molecule has 0 spiro atoms. The molecule has 1 unspecified atom stereocenters. The van der Waals surface area contributed by atoms with Gasteiger partial charge >= 0.3 is 0 Å². The number of rotatable bonds is 7. The second-order valence-corrected chi connectivity index (χ2v) is 7.71. The van der Waals surface area contributed by atoms with Crippen molar-refractivity contribution in [2.24, 2.45) is 0 Å². The van der Waals surface area contributed by atoms with E-state index >= 15 is 0 Å². The van der Waals surface area contributed by atoms with Gasteiger partial charge in [0, 0.05) is 18.5 Å². The number of hydrogen-bond donors (Lipinski definition) is 1. The summed E-state index contributed by atoms with van der Waals surface area (Å²) in [7, 11) is 0. The van der Waals surface area contributed by atoms with Gasteiger partial charge in [-0.2, -0.15) is 0 Å². The van der Waals surface area contributed by atoms with Gasteiger partial charge in [0.2, 0.25) is 5.91 Å². The molecule has 26 heavy (non-hydrogen) atoms. The fraction of sp³-hybridized carbons (Fsp3) is 0.611. The van der Waals surface area contributed by atoms with Crippen molar-refractivity contribution in [2.45, 2.75) is 50.4 Å². The number of carbonyl (C=O) groups excluding carboxylic acids is 1. The predicted octanol–water partition coefficient (Wildman–Crippen LogP) is 2.67. The molecule has 1 N–H and O–H groups in total. The Hall–Kier alpha value is -1.80. The van der Waals surface area contributed by atoms with Gasteiger partial charge < -0.3 is 14.3 Å². The number of aromatic nitrogens is 3. The lowest BCUT2D eigenvalue weighted by atomic mass is 9.97. The van der Waals surface area contributed by atoms with E-state index < -0.39 is 0 Å². The highest BCUT2D eigenvalue weighted by atomic mass is 32.2. The maximum atomic E-state index is 12.2. The molecule has 0 radical (unpaired) electrons. The van der Waals surface area contributed by atoms with E-state index in [1.807, 2.05) is 18.4 Å². The Morgan fingerprint density at radius 3 is 3.00 bits per heavy atom. The summed E-state index contributed by atoms with van der Waals surface area (Å²) in [5, 5.41) is 12.7. The summed E-state index contributed by atoms with van der Waals surface area (Å²) in [6.07, 6.45) is 5.80. The van der Waals surface area contributed by atoms with E-state index in [1.165, 1.54) is 0 Å². The number of furan rings is 1. The summed E-state index contributed by atoms with van der Waals surface area (Å²) >= 11 is 1.63. The van der Waals surface area contributed by atoms with Gasteiger partial charge in [0.05, 0.1) is 19.4 Å². The predicted molar refractivity (Wildman–Crippen MR) is 101 cm³/mol. The lowest BCUT2D eigenvalue weighted by molar-refractivity contribution is -0.122. The Morgan fingerprint density at radius 1 is 1.46 bits per heavy atom. The summed E-state index contributed by atoms with van der Waals surface area (Å²) in [5.41, 5.74) is 0. The zero-order chi connectivity index (χ0) is 18.5. The Balaban J connectivity index is 1.59. The van der Waals surface area contributed by atoms with Crippen LogP contribution in [0.15, 0.2) is 28.0 Å². The van der Waals surface area contributed by atoms with Gasteiger partial charge in [-0.25, -0.2) is 0 Å². The normalized spacial score (nSPS) is 18.4. The van der Waals surface area contributed by atoms with E-state index in [4.69, 9.17) is 4.42 Å². The minimum absolute atomic E-state index is 0.0252. The van der Waals surface area contributed by atoms with Crippen molar-refractivity contribution in [3.63, 3.8) is 0 Å². The van der Waals surface area contributed by atoms with Crippen LogP contribution in [0, 0.1) is 0 Å². The van der Waals surface area contributed by atoms with Crippen LogP contribution in [0.3, 0.4) is 0 Å². The number of nitrogens with one attached hydrogen (secondary N) is 1. The molecule has 1 aliphatic heterocycles. The molecule has 142 valence electrons. The first-order valence-corrected chi connectivity index (χ1v) is 10.3. The van der Waals surface area contributed by atoms with Crippen LogP contribution >= 0.6 is 11.8 Å². The van der Waals surface area contributed by atoms with Crippen molar-refractivity contribution in [3.8, 4) is 0 Å². The smallest absolute Gasteiger partial charge is 0.234 e. The average molecular weight is 378 g/mol. The molecule has 2 aromatic rings. The van der Waals surface area contributed by atoms with Crippen LogP contribution < -0.4 is 5.32 Å². The average Bonchev–Trinajstić information content (AvgIpc) is 3.29. The lowest BCUT2D eigenvalue weighted by Crippen LogP contribution is -2.42. The third-order valence-corrected chi connectivity index (χ3v) is 5.31. The molecule has 1 atom stereocenters. The number of hydrogen-bond acceptors (Lipinski definition) is 6. The number of nitrogens with zero attached hydrogens (tertiary/aromatic N) is 4. The van der Waals surface area contributed by atoms with Crippen LogP contribution in [0.25, 0.3) is 0 Å². The van der Waals surface area contributed by atoms with Crippen LogP contribution in [0.5, 0.6) is 0 Å². The van der Waals surface area contributed by atoms with Gasteiger partial charge in [-0.05, 0) is 51.6 Å². The zero-order valence-corrected chi connectivity index (χ0v) is 16.5. The van der Waals surface area contributed by atoms with Gasteiger partial charge in [0.15, 0.2) is 5.16 Å². The highest BCUT2D eigenvalue weighted by molar-refractivity contribution is 7.98. The van der Waals surface area contributed by atoms with E-state index in [0.717, 1.165) is 42.7 Å². The standard InChI is InChI=1S/C18H27N5O2S/c1-13(2)23-17(20-21-18(23)26-3)14-6-4-8-22(11-14)12-16(24)19-10-15-7-5-9-25-15/h5,7,9,13-14H,4,6,8,10-12H2,1-3H3,(H,19,24). The first-order valence-electron chi connectivity index (χ1n) is 9.08. The Bertz CT molecular complexity index is 713. The molecule has 1 saturated heterocycles. The minimum atomic E-state index is 0.0252. The van der Waals surface area contributed by atoms with E-state index in [-0.39, 0.29) is 5.91 Å². The Morgan fingerprint density at radius 2 is 2.31 bits per heavy atom. The molecular weight excluding hydrogens is 350 g/mol. The molecule has 2 aromatic heterocycles. The van der Waals surface area contributed by atoms with Crippen molar-refractivity contribution in [3.05, 3.63) is 30.0 Å². The molecule has 0 aromatic carbocycles. The highest BCUT2D eigenvalue weighted by Gasteiger charge is 2.28. The summed E-state index contributed by atoms with van der Waals surface area (Å²) in [5.74, 6) is 2.16. The summed E-state index contributed by atoms with van der Waals surface area (Å²) in [6.45, 7) is 6.94. The highest BCUT2D eigenvalue weighted by Crippen LogP contribution is 2.30. The van der Waals surface area contributed by atoms with E-state index in [0.29, 0.717) is 25.0 Å². The van der Waals surface area contributed by atoms with Crippen LogP contribution in [-0.4, -0.2) is 51.5 Å². The molecule has 0 aliphatic carbocycles. The summed E-state index contributed by atoms with van der Waals surface area (Å²) < 4.78 is 7.48.